The van der Waals surface area contributed by atoms with E-state index in [9.17, 15) is 0 Å². The van der Waals surface area contributed by atoms with Crippen LogP contribution in [0.5, 0.6) is 0 Å². The summed E-state index contributed by atoms with van der Waals surface area (Å²) in [4.78, 5) is 15.4. The minimum atomic E-state index is 0.650. The van der Waals surface area contributed by atoms with Crippen LogP contribution >= 0.6 is 11.3 Å². The predicted molar refractivity (Wildman–Crippen MR) is 251 cm³/mol. The standard InChI is InChI=1S/C55H31N3S/c1-2-10-36(11-3-1)53-56-54(58-55(57-53)45-20-9-19-44-40-15-4-5-21-47(40)59-52(44)45)37-27-22-32(23-28-37)39-30-38-29-26-35-13-7-17-42-41-16-6-12-33-24-25-34-14-8-18-43(50(34)48(33)41)46(31-39)51(38)49(35)42/h1-31H. The van der Waals surface area contributed by atoms with Gasteiger partial charge in [0.25, 0.3) is 0 Å². The van der Waals surface area contributed by atoms with E-state index >= 15 is 0 Å². The van der Waals surface area contributed by atoms with Crippen molar-refractivity contribution in [1.82, 2.24) is 15.0 Å². The fraction of sp³-hybridized carbons (Fsp3) is 0. The second-order valence-electron chi connectivity index (χ2n) is 15.5. The number of hydrogen-bond donors (Lipinski definition) is 0. The Balaban J connectivity index is 1.01. The fourth-order valence-electron chi connectivity index (χ4n) is 9.53. The molecule has 0 saturated carbocycles. The van der Waals surface area contributed by atoms with Crippen molar-refractivity contribution < 1.29 is 0 Å². The van der Waals surface area contributed by atoms with Crippen LogP contribution in [0, 0.1) is 0 Å². The predicted octanol–water partition coefficient (Wildman–Crippen LogP) is 15.3. The molecule has 0 spiro atoms. The molecule has 13 rings (SSSR count). The van der Waals surface area contributed by atoms with Crippen LogP contribution in [0.15, 0.2) is 188 Å². The number of thiophene rings is 1. The summed E-state index contributed by atoms with van der Waals surface area (Å²) < 4.78 is 2.44. The fourth-order valence-corrected chi connectivity index (χ4v) is 10.7. The van der Waals surface area contributed by atoms with Crippen molar-refractivity contribution in [3.05, 3.63) is 188 Å². The molecule has 59 heavy (non-hydrogen) atoms. The van der Waals surface area contributed by atoms with Gasteiger partial charge in [-0.3, -0.25) is 0 Å². The molecule has 11 aromatic carbocycles. The van der Waals surface area contributed by atoms with E-state index in [0.717, 1.165) is 22.3 Å². The van der Waals surface area contributed by atoms with Gasteiger partial charge >= 0.3 is 0 Å². The Labute approximate surface area is 342 Å². The molecule has 0 unspecified atom stereocenters. The van der Waals surface area contributed by atoms with Crippen molar-refractivity contribution in [3.8, 4) is 45.3 Å². The molecule has 0 aliphatic heterocycles. The van der Waals surface area contributed by atoms with Crippen LogP contribution in [0.4, 0.5) is 0 Å². The Morgan fingerprint density at radius 3 is 1.46 bits per heavy atom. The summed E-state index contributed by atoms with van der Waals surface area (Å²) in [5, 5.41) is 17.8. The number of hydrogen-bond acceptors (Lipinski definition) is 4. The first-order valence-corrected chi connectivity index (χ1v) is 20.8. The Bertz CT molecular complexity index is 3820. The summed E-state index contributed by atoms with van der Waals surface area (Å²) in [7, 11) is 0. The van der Waals surface area contributed by atoms with Gasteiger partial charge in [-0.15, -0.1) is 11.3 Å². The molecule has 3 nitrogen and oxygen atoms in total. The SMILES string of the molecule is c1ccc(-c2nc(-c3ccc(-c4cc5ccc6cccc7c8cccc9ccc%10cccc(c(c4)c5c67)c%10c98)cc3)nc(-c3cccc4c3sc3ccccc34)n2)cc1. The third kappa shape index (κ3) is 4.91. The van der Waals surface area contributed by atoms with Crippen LogP contribution in [-0.4, -0.2) is 15.0 Å². The van der Waals surface area contributed by atoms with E-state index in [4.69, 9.17) is 15.0 Å². The number of fused-ring (bicyclic) bond motifs is 5. The number of nitrogens with zero attached hydrogens (tertiary/aromatic N) is 3. The van der Waals surface area contributed by atoms with E-state index < -0.39 is 0 Å². The zero-order chi connectivity index (χ0) is 38.6. The molecular weight excluding hydrogens is 735 g/mol. The lowest BCUT2D eigenvalue weighted by molar-refractivity contribution is 1.08. The maximum absolute atomic E-state index is 5.19. The Morgan fingerprint density at radius 1 is 0.288 bits per heavy atom. The summed E-state index contributed by atoms with van der Waals surface area (Å²) >= 11 is 1.79. The Morgan fingerprint density at radius 2 is 0.780 bits per heavy atom. The molecule has 0 aliphatic carbocycles. The minimum absolute atomic E-state index is 0.650. The molecule has 0 aliphatic rings. The third-order valence-corrected chi connectivity index (χ3v) is 13.4. The lowest BCUT2D eigenvalue weighted by atomic mass is 9.86. The van der Waals surface area contributed by atoms with E-state index in [2.05, 4.69) is 170 Å². The zero-order valence-corrected chi connectivity index (χ0v) is 32.5. The van der Waals surface area contributed by atoms with Crippen LogP contribution < -0.4 is 0 Å². The Hall–Kier alpha value is -7.53. The van der Waals surface area contributed by atoms with Gasteiger partial charge in [-0.2, -0.15) is 0 Å². The van der Waals surface area contributed by atoms with Gasteiger partial charge < -0.3 is 0 Å². The normalized spacial score (nSPS) is 12.1. The number of aromatic nitrogens is 3. The van der Waals surface area contributed by atoms with E-state index in [0.29, 0.717) is 17.5 Å². The topological polar surface area (TPSA) is 38.7 Å². The maximum Gasteiger partial charge on any atom is 0.165 e. The number of rotatable bonds is 4. The van der Waals surface area contributed by atoms with E-state index in [1.807, 2.05) is 18.2 Å². The van der Waals surface area contributed by atoms with E-state index in [1.165, 1.54) is 90.4 Å². The van der Waals surface area contributed by atoms with Gasteiger partial charge in [0.1, 0.15) is 0 Å². The van der Waals surface area contributed by atoms with Gasteiger partial charge in [-0.05, 0) is 100 Å². The van der Waals surface area contributed by atoms with Crippen LogP contribution in [-0.2, 0) is 0 Å². The summed E-state index contributed by atoms with van der Waals surface area (Å²) in [6.07, 6.45) is 0. The average Bonchev–Trinajstić information content (AvgIpc) is 3.69. The van der Waals surface area contributed by atoms with Gasteiger partial charge in [-0.25, -0.2) is 15.0 Å². The highest BCUT2D eigenvalue weighted by Crippen LogP contribution is 2.45. The van der Waals surface area contributed by atoms with Crippen molar-refractivity contribution in [1.29, 1.82) is 0 Å². The quantitative estimate of drug-likeness (QED) is 0.168. The molecule has 2 heterocycles. The van der Waals surface area contributed by atoms with Crippen LogP contribution in [0.3, 0.4) is 0 Å². The lowest BCUT2D eigenvalue weighted by Crippen LogP contribution is -2.00. The number of benzene rings is 10. The first kappa shape index (κ1) is 32.5. The molecule has 0 amide bonds. The molecule has 2 aromatic heterocycles. The second-order valence-corrected chi connectivity index (χ2v) is 16.5. The first-order valence-electron chi connectivity index (χ1n) is 20.0. The zero-order valence-electron chi connectivity index (χ0n) is 31.6. The van der Waals surface area contributed by atoms with Crippen molar-refractivity contribution in [2.24, 2.45) is 0 Å². The summed E-state index contributed by atoms with van der Waals surface area (Å²) in [5.41, 5.74) is 5.23. The third-order valence-electron chi connectivity index (χ3n) is 12.2. The van der Waals surface area contributed by atoms with Crippen molar-refractivity contribution in [3.63, 3.8) is 0 Å². The average molecular weight is 766 g/mol. The van der Waals surface area contributed by atoms with Crippen LogP contribution in [0.1, 0.15) is 0 Å². The monoisotopic (exact) mass is 765 g/mol. The van der Waals surface area contributed by atoms with Crippen LogP contribution in [0.2, 0.25) is 0 Å². The molecule has 4 heteroatoms. The molecule has 0 bridgehead atoms. The highest BCUT2D eigenvalue weighted by molar-refractivity contribution is 7.26. The first-order chi connectivity index (χ1) is 29.2. The molecule has 0 fully saturated rings. The molecule has 13 aromatic rings. The smallest absolute Gasteiger partial charge is 0.165 e. The lowest BCUT2D eigenvalue weighted by Gasteiger charge is -2.17. The van der Waals surface area contributed by atoms with Crippen LogP contribution in [0.25, 0.3) is 130 Å². The molecule has 0 saturated heterocycles. The van der Waals surface area contributed by atoms with Gasteiger partial charge in [0, 0.05) is 36.9 Å². The maximum atomic E-state index is 5.19. The highest BCUT2D eigenvalue weighted by atomic mass is 32.1. The van der Waals surface area contributed by atoms with E-state index in [1.54, 1.807) is 11.3 Å². The molecule has 0 N–H and O–H groups in total. The van der Waals surface area contributed by atoms with Crippen molar-refractivity contribution >= 4 is 96.1 Å². The second kappa shape index (κ2) is 12.5. The Kier molecular flexibility index (Phi) is 6.89. The van der Waals surface area contributed by atoms with Gasteiger partial charge in [-0.1, -0.05) is 164 Å². The summed E-state index contributed by atoms with van der Waals surface area (Å²) in [6.45, 7) is 0. The summed E-state index contributed by atoms with van der Waals surface area (Å²) in [5.74, 6) is 1.98. The van der Waals surface area contributed by atoms with Crippen molar-refractivity contribution in [2.45, 2.75) is 0 Å². The van der Waals surface area contributed by atoms with E-state index in [-0.39, 0.29) is 0 Å². The van der Waals surface area contributed by atoms with Gasteiger partial charge in [0.2, 0.25) is 0 Å². The highest BCUT2D eigenvalue weighted by Gasteiger charge is 2.19. The van der Waals surface area contributed by atoms with Crippen molar-refractivity contribution in [2.75, 3.05) is 0 Å². The van der Waals surface area contributed by atoms with Gasteiger partial charge in [0.05, 0.1) is 0 Å². The minimum Gasteiger partial charge on any atom is -0.208 e. The summed E-state index contributed by atoms with van der Waals surface area (Å²) in [6, 6.07) is 68.2. The molecule has 0 atom stereocenters. The molecule has 0 radical (unpaired) electrons. The van der Waals surface area contributed by atoms with Gasteiger partial charge in [0.15, 0.2) is 17.5 Å². The largest absolute Gasteiger partial charge is 0.208 e. The molecule has 272 valence electrons. The molecular formula is C55H31N3S.